The number of benzene rings is 1. The summed E-state index contributed by atoms with van der Waals surface area (Å²) < 4.78 is 48.7. The molecule has 2 nitrogen and oxygen atoms in total. The molecule has 0 saturated heterocycles. The van der Waals surface area contributed by atoms with Crippen molar-refractivity contribution in [3.63, 3.8) is 0 Å². The molecule has 69 valence electrons. The Morgan fingerprint density at radius 2 is 1.77 bits per heavy atom. The molecule has 0 aliphatic rings. The van der Waals surface area contributed by atoms with Gasteiger partial charge in [0.15, 0.2) is 17.5 Å². The van der Waals surface area contributed by atoms with E-state index in [4.69, 9.17) is 0 Å². The maximum Gasteiger partial charge on any atom is 0.308 e. The Labute approximate surface area is 70.1 Å². The summed E-state index contributed by atoms with van der Waals surface area (Å²) in [5.41, 5.74) is 0.679. The first-order valence-corrected chi connectivity index (χ1v) is 3.07. The van der Waals surface area contributed by atoms with E-state index >= 15 is 0 Å². The fourth-order valence-electron chi connectivity index (χ4n) is 0.737. The SMILES string of the molecule is O=C([N]F)c1ccc(F)c(F)c1F. The van der Waals surface area contributed by atoms with Crippen LogP contribution in [0.15, 0.2) is 12.1 Å². The minimum atomic E-state index is -1.82. The van der Waals surface area contributed by atoms with Crippen LogP contribution in [0.3, 0.4) is 0 Å². The van der Waals surface area contributed by atoms with Crippen molar-refractivity contribution in [3.05, 3.63) is 35.1 Å². The molecule has 0 spiro atoms. The van der Waals surface area contributed by atoms with Crippen LogP contribution >= 0.6 is 0 Å². The predicted molar refractivity (Wildman–Crippen MR) is 33.9 cm³/mol. The molecule has 0 aliphatic heterocycles. The topological polar surface area (TPSA) is 31.2 Å². The van der Waals surface area contributed by atoms with Crippen molar-refractivity contribution in [1.29, 1.82) is 0 Å². The highest BCUT2D eigenvalue weighted by molar-refractivity contribution is 5.93. The molecule has 1 rings (SSSR count). The maximum atomic E-state index is 12.6. The monoisotopic (exact) mass is 192 g/mol. The van der Waals surface area contributed by atoms with Crippen LogP contribution in [-0.4, -0.2) is 5.91 Å². The van der Waals surface area contributed by atoms with Crippen molar-refractivity contribution < 1.29 is 22.4 Å². The van der Waals surface area contributed by atoms with Crippen LogP contribution < -0.4 is 5.54 Å². The normalized spacial score (nSPS) is 9.85. The molecule has 1 aromatic rings. The van der Waals surface area contributed by atoms with E-state index in [2.05, 4.69) is 0 Å². The van der Waals surface area contributed by atoms with Gasteiger partial charge >= 0.3 is 5.91 Å². The Hall–Kier alpha value is -1.59. The standard InChI is InChI=1S/C7H2F4NO/c8-4-2-1-3(7(13)12-11)5(9)6(4)10/h1-2H. The molecule has 0 atom stereocenters. The number of hydrogen-bond donors (Lipinski definition) is 0. The van der Waals surface area contributed by atoms with Gasteiger partial charge in [0.25, 0.3) is 0 Å². The summed E-state index contributed by atoms with van der Waals surface area (Å²) in [6.07, 6.45) is 0. The van der Waals surface area contributed by atoms with Crippen LogP contribution in [0.2, 0.25) is 0 Å². The highest BCUT2D eigenvalue weighted by Crippen LogP contribution is 2.15. The summed E-state index contributed by atoms with van der Waals surface area (Å²) in [4.78, 5) is 10.4. The third-order valence-electron chi connectivity index (χ3n) is 1.34. The molecule has 0 N–H and O–H groups in total. The highest BCUT2D eigenvalue weighted by atomic mass is 19.2. The van der Waals surface area contributed by atoms with E-state index in [-0.39, 0.29) is 0 Å². The maximum absolute atomic E-state index is 12.6. The van der Waals surface area contributed by atoms with E-state index in [1.54, 1.807) is 5.54 Å². The zero-order chi connectivity index (χ0) is 10.0. The van der Waals surface area contributed by atoms with Crippen molar-refractivity contribution >= 4 is 5.91 Å². The van der Waals surface area contributed by atoms with Crippen molar-refractivity contribution in [2.45, 2.75) is 0 Å². The molecular formula is C7H2F4NO. The molecule has 1 radical (unpaired) electrons. The third-order valence-corrected chi connectivity index (χ3v) is 1.34. The lowest BCUT2D eigenvalue weighted by atomic mass is 10.2. The molecule has 0 heterocycles. The number of nitrogens with zero attached hydrogens (tertiary/aromatic N) is 1. The van der Waals surface area contributed by atoms with Crippen molar-refractivity contribution in [2.75, 3.05) is 0 Å². The molecule has 0 aromatic heterocycles. The minimum absolute atomic E-state index is 0.511. The number of halogens is 4. The van der Waals surface area contributed by atoms with Crippen LogP contribution in [-0.2, 0) is 0 Å². The average molecular weight is 192 g/mol. The summed E-state index contributed by atoms with van der Waals surface area (Å²) in [5.74, 6) is -6.61. The first-order chi connectivity index (χ1) is 6.07. The predicted octanol–water partition coefficient (Wildman–Crippen LogP) is 1.73. The zero-order valence-corrected chi connectivity index (χ0v) is 6.02. The number of amides is 1. The molecule has 6 heteroatoms. The smallest absolute Gasteiger partial charge is 0.264 e. The van der Waals surface area contributed by atoms with E-state index in [0.717, 1.165) is 0 Å². The lowest BCUT2D eigenvalue weighted by Gasteiger charge is -1.99. The van der Waals surface area contributed by atoms with Gasteiger partial charge in [-0.2, -0.15) is 0 Å². The van der Waals surface area contributed by atoms with E-state index in [0.29, 0.717) is 12.1 Å². The fourth-order valence-corrected chi connectivity index (χ4v) is 0.737. The third kappa shape index (κ3) is 1.61. The van der Waals surface area contributed by atoms with Gasteiger partial charge in [-0.25, -0.2) is 13.2 Å². The number of hydrogen-bond acceptors (Lipinski definition) is 1. The largest absolute Gasteiger partial charge is 0.308 e. The second-order valence-corrected chi connectivity index (χ2v) is 2.11. The van der Waals surface area contributed by atoms with E-state index < -0.39 is 28.9 Å². The summed E-state index contributed by atoms with van der Waals surface area (Å²) in [5, 5.41) is 0. The van der Waals surface area contributed by atoms with Gasteiger partial charge < -0.3 is 0 Å². The summed E-state index contributed by atoms with van der Waals surface area (Å²) >= 11 is 0. The molecule has 0 saturated carbocycles. The summed E-state index contributed by atoms with van der Waals surface area (Å²) in [7, 11) is 0. The van der Waals surface area contributed by atoms with Gasteiger partial charge in [-0.05, 0) is 17.7 Å². The Balaban J connectivity index is 3.26. The fraction of sp³-hybridized carbons (Fsp3) is 0. The second-order valence-electron chi connectivity index (χ2n) is 2.11. The van der Waals surface area contributed by atoms with Gasteiger partial charge in [-0.3, -0.25) is 4.79 Å². The zero-order valence-electron chi connectivity index (χ0n) is 6.02. The van der Waals surface area contributed by atoms with Gasteiger partial charge in [-0.1, -0.05) is 4.48 Å². The minimum Gasteiger partial charge on any atom is -0.264 e. The van der Waals surface area contributed by atoms with Crippen LogP contribution in [0.25, 0.3) is 0 Å². The summed E-state index contributed by atoms with van der Waals surface area (Å²) in [6.45, 7) is 0. The first kappa shape index (κ1) is 9.50. The van der Waals surface area contributed by atoms with Crippen molar-refractivity contribution in [1.82, 2.24) is 5.54 Å². The van der Waals surface area contributed by atoms with Gasteiger partial charge in [0.1, 0.15) is 0 Å². The van der Waals surface area contributed by atoms with Crippen molar-refractivity contribution in [2.24, 2.45) is 0 Å². The first-order valence-electron chi connectivity index (χ1n) is 3.07. The lowest BCUT2D eigenvalue weighted by Crippen LogP contribution is -2.11. The quantitative estimate of drug-likeness (QED) is 0.492. The van der Waals surface area contributed by atoms with Crippen molar-refractivity contribution in [3.8, 4) is 0 Å². The Morgan fingerprint density at radius 3 is 2.31 bits per heavy atom. The molecule has 13 heavy (non-hydrogen) atoms. The molecule has 0 bridgehead atoms. The Kier molecular flexibility index (Phi) is 2.50. The van der Waals surface area contributed by atoms with Crippen LogP contribution in [0, 0.1) is 17.5 Å². The van der Waals surface area contributed by atoms with Crippen LogP contribution in [0.5, 0.6) is 0 Å². The molecule has 1 amide bonds. The van der Waals surface area contributed by atoms with Gasteiger partial charge in [0.05, 0.1) is 5.56 Å². The molecule has 1 aromatic carbocycles. The van der Waals surface area contributed by atoms with Gasteiger partial charge in [0.2, 0.25) is 0 Å². The van der Waals surface area contributed by atoms with E-state index in [1.165, 1.54) is 0 Å². The van der Waals surface area contributed by atoms with E-state index in [1.807, 2.05) is 0 Å². The Bertz CT molecular complexity index is 353. The number of rotatable bonds is 1. The highest BCUT2D eigenvalue weighted by Gasteiger charge is 2.19. The average Bonchev–Trinajstić information content (AvgIpc) is 2.13. The number of carbonyl (C=O) groups is 1. The molecule has 0 fully saturated rings. The molecule has 0 unspecified atom stereocenters. The van der Waals surface area contributed by atoms with Crippen LogP contribution in [0.1, 0.15) is 10.4 Å². The van der Waals surface area contributed by atoms with Gasteiger partial charge in [-0.15, -0.1) is 0 Å². The lowest BCUT2D eigenvalue weighted by molar-refractivity contribution is 0.0843. The van der Waals surface area contributed by atoms with Gasteiger partial charge in [0, 0.05) is 0 Å². The number of carbonyl (C=O) groups excluding carboxylic acids is 1. The molecular weight excluding hydrogens is 190 g/mol. The van der Waals surface area contributed by atoms with E-state index in [9.17, 15) is 22.4 Å². The van der Waals surface area contributed by atoms with Crippen LogP contribution in [0.4, 0.5) is 17.7 Å². The Morgan fingerprint density at radius 1 is 1.15 bits per heavy atom. The second kappa shape index (κ2) is 3.42. The molecule has 0 aliphatic carbocycles. The summed E-state index contributed by atoms with van der Waals surface area (Å²) in [6, 6.07) is 1.12.